The average Bonchev–Trinajstić information content (AvgIpc) is 3.47. The van der Waals surface area contributed by atoms with Gasteiger partial charge >= 0.3 is 0 Å². The summed E-state index contributed by atoms with van der Waals surface area (Å²) in [4.78, 5) is 18.9. The molecule has 4 aromatic rings. The van der Waals surface area contributed by atoms with Crippen LogP contribution in [0.15, 0.2) is 71.6 Å². The first-order valence-corrected chi connectivity index (χ1v) is 14.2. The van der Waals surface area contributed by atoms with Crippen molar-refractivity contribution in [2.45, 2.75) is 45.4 Å². The van der Waals surface area contributed by atoms with Crippen molar-refractivity contribution in [1.29, 1.82) is 0 Å². The van der Waals surface area contributed by atoms with Crippen LogP contribution in [0.25, 0.3) is 11.3 Å². The number of amides is 1. The molecule has 1 amide bonds. The zero-order valence-corrected chi connectivity index (χ0v) is 23.0. The maximum absolute atomic E-state index is 13.4. The Kier molecular flexibility index (Phi) is 8.51. The van der Waals surface area contributed by atoms with Crippen molar-refractivity contribution < 1.29 is 13.4 Å². The van der Waals surface area contributed by atoms with Crippen LogP contribution in [0.3, 0.4) is 0 Å². The van der Waals surface area contributed by atoms with E-state index in [0.717, 1.165) is 44.3 Å². The first-order valence-electron chi connectivity index (χ1n) is 12.3. The summed E-state index contributed by atoms with van der Waals surface area (Å²) >= 11 is 1.41. The van der Waals surface area contributed by atoms with Crippen molar-refractivity contribution in [3.8, 4) is 11.3 Å². The van der Waals surface area contributed by atoms with Gasteiger partial charge in [0.1, 0.15) is 5.82 Å². The molecule has 1 N–H and O–H groups in total. The molecule has 0 bridgehead atoms. The van der Waals surface area contributed by atoms with Crippen LogP contribution >= 0.6 is 11.3 Å². The van der Waals surface area contributed by atoms with Gasteiger partial charge in [0.2, 0.25) is 5.91 Å². The van der Waals surface area contributed by atoms with E-state index in [-0.39, 0.29) is 18.1 Å². The molecule has 1 unspecified atom stereocenters. The number of halogens is 1. The van der Waals surface area contributed by atoms with Crippen LogP contribution in [0.4, 0.5) is 15.2 Å². The lowest BCUT2D eigenvalue weighted by Gasteiger charge is -2.19. The molecular weight excluding hydrogens is 505 g/mol. The van der Waals surface area contributed by atoms with Crippen LogP contribution in [0.1, 0.15) is 35.4 Å². The first kappa shape index (κ1) is 26.7. The molecule has 2 heterocycles. The molecule has 0 aliphatic carbocycles. The number of carbonyl (C=O) groups excluding carboxylic acids is 1. The van der Waals surface area contributed by atoms with Crippen molar-refractivity contribution >= 4 is 39.0 Å². The van der Waals surface area contributed by atoms with Gasteiger partial charge in [0.05, 0.1) is 22.7 Å². The molecule has 1 aromatic heterocycles. The number of anilines is 2. The fraction of sp³-hybridized carbons (Fsp3) is 0.241. The standard InChI is InChI=1S/C27H24FN3O2S2.C2H6/c1-17-6-3-4-9-24(17)35(33)31-13-12-20-16-21(10-11-23(20)31)26-18(2)34-27(30-26)29-25(32)15-19-7-5-8-22(28)14-19;1-2/h3-11,14,16H,12-13,15H2,1-2H3,(H,29,30,32);1-2H3. The molecule has 8 heteroatoms. The van der Waals surface area contributed by atoms with E-state index < -0.39 is 11.0 Å². The fourth-order valence-corrected chi connectivity index (χ4v) is 6.52. The molecular formula is C29H30FN3O2S2. The smallest absolute Gasteiger partial charge is 0.230 e. The van der Waals surface area contributed by atoms with Gasteiger partial charge in [0.25, 0.3) is 0 Å². The number of carbonyl (C=O) groups is 1. The number of nitrogens with zero attached hydrogens (tertiary/aromatic N) is 2. The third-order valence-electron chi connectivity index (χ3n) is 5.98. The van der Waals surface area contributed by atoms with Crippen LogP contribution in [-0.2, 0) is 28.6 Å². The highest BCUT2D eigenvalue weighted by Gasteiger charge is 2.26. The van der Waals surface area contributed by atoms with Crippen LogP contribution in [0.2, 0.25) is 0 Å². The van der Waals surface area contributed by atoms with Crippen LogP contribution in [0, 0.1) is 19.7 Å². The third kappa shape index (κ3) is 5.97. The molecule has 1 aliphatic heterocycles. The van der Waals surface area contributed by atoms with Crippen molar-refractivity contribution in [2.75, 3.05) is 16.2 Å². The maximum atomic E-state index is 13.4. The summed E-state index contributed by atoms with van der Waals surface area (Å²) in [5.41, 5.74) is 5.52. The SMILES string of the molecule is CC.Cc1ccccc1S(=O)N1CCc2cc(-c3nc(NC(=O)Cc4cccc(F)c4)sc3C)ccc21. The predicted octanol–water partition coefficient (Wildman–Crippen LogP) is 6.86. The van der Waals surface area contributed by atoms with Crippen LogP contribution in [-0.4, -0.2) is 21.6 Å². The normalized spacial score (nSPS) is 12.9. The lowest BCUT2D eigenvalue weighted by Crippen LogP contribution is -2.23. The number of benzene rings is 3. The van der Waals surface area contributed by atoms with E-state index >= 15 is 0 Å². The summed E-state index contributed by atoms with van der Waals surface area (Å²) in [6.07, 6.45) is 0.889. The molecule has 0 saturated heterocycles. The molecule has 5 rings (SSSR count). The Labute approximate surface area is 224 Å². The summed E-state index contributed by atoms with van der Waals surface area (Å²) in [5.74, 6) is -0.597. The number of aryl methyl sites for hydroxylation is 2. The fourth-order valence-electron chi connectivity index (χ4n) is 4.28. The Hall–Kier alpha value is -3.36. The van der Waals surface area contributed by atoms with E-state index in [1.165, 1.54) is 23.5 Å². The summed E-state index contributed by atoms with van der Waals surface area (Å²) in [6, 6.07) is 19.9. The van der Waals surface area contributed by atoms with Gasteiger partial charge in [0, 0.05) is 17.0 Å². The van der Waals surface area contributed by atoms with Gasteiger partial charge in [-0.05, 0) is 67.3 Å². The van der Waals surface area contributed by atoms with E-state index in [1.54, 1.807) is 12.1 Å². The largest absolute Gasteiger partial charge is 0.302 e. The lowest BCUT2D eigenvalue weighted by atomic mass is 10.1. The van der Waals surface area contributed by atoms with Gasteiger partial charge in [0.15, 0.2) is 16.1 Å². The second-order valence-corrected chi connectivity index (χ2v) is 11.1. The van der Waals surface area contributed by atoms with E-state index in [4.69, 9.17) is 0 Å². The highest BCUT2D eigenvalue weighted by molar-refractivity contribution is 7.86. The Balaban J connectivity index is 0.00000156. The molecule has 0 spiro atoms. The second-order valence-electron chi connectivity index (χ2n) is 8.49. The average molecular weight is 536 g/mol. The number of rotatable bonds is 6. The molecule has 5 nitrogen and oxygen atoms in total. The number of fused-ring (bicyclic) bond motifs is 1. The van der Waals surface area contributed by atoms with E-state index in [9.17, 15) is 13.4 Å². The summed E-state index contributed by atoms with van der Waals surface area (Å²) < 4.78 is 28.6. The minimum atomic E-state index is -1.26. The lowest BCUT2D eigenvalue weighted by molar-refractivity contribution is -0.115. The second kappa shape index (κ2) is 11.8. The van der Waals surface area contributed by atoms with Crippen molar-refractivity contribution in [1.82, 2.24) is 4.98 Å². The van der Waals surface area contributed by atoms with Gasteiger partial charge in [-0.2, -0.15) is 0 Å². The van der Waals surface area contributed by atoms with Gasteiger partial charge in [-0.15, -0.1) is 11.3 Å². The monoisotopic (exact) mass is 535 g/mol. The van der Waals surface area contributed by atoms with Gasteiger partial charge in [-0.1, -0.05) is 50.2 Å². The summed E-state index contributed by atoms with van der Waals surface area (Å²) in [6.45, 7) is 8.64. The molecule has 192 valence electrons. The van der Waals surface area contributed by atoms with Gasteiger partial charge in [-0.25, -0.2) is 13.6 Å². The van der Waals surface area contributed by atoms with Crippen molar-refractivity contribution in [2.24, 2.45) is 0 Å². The molecule has 0 saturated carbocycles. The Bertz CT molecular complexity index is 1450. The van der Waals surface area contributed by atoms with E-state index in [1.807, 2.05) is 68.4 Å². The third-order valence-corrected chi connectivity index (χ3v) is 8.48. The predicted molar refractivity (Wildman–Crippen MR) is 151 cm³/mol. The van der Waals surface area contributed by atoms with Crippen LogP contribution < -0.4 is 9.62 Å². The Morgan fingerprint density at radius 3 is 2.62 bits per heavy atom. The highest BCUT2D eigenvalue weighted by atomic mass is 32.2. The summed E-state index contributed by atoms with van der Waals surface area (Å²) in [7, 11) is -1.26. The van der Waals surface area contributed by atoms with Gasteiger partial charge < -0.3 is 5.32 Å². The number of hydrogen-bond acceptors (Lipinski definition) is 4. The molecule has 3 aromatic carbocycles. The van der Waals surface area contributed by atoms with E-state index in [2.05, 4.69) is 16.4 Å². The minimum absolute atomic E-state index is 0.0818. The molecule has 0 radical (unpaired) electrons. The van der Waals surface area contributed by atoms with Gasteiger partial charge in [-0.3, -0.25) is 9.10 Å². The quantitative estimate of drug-likeness (QED) is 0.293. The van der Waals surface area contributed by atoms with E-state index in [0.29, 0.717) is 17.2 Å². The first-order chi connectivity index (χ1) is 17.9. The summed E-state index contributed by atoms with van der Waals surface area (Å²) in [5, 5.41) is 3.35. The Morgan fingerprint density at radius 2 is 1.86 bits per heavy atom. The molecule has 1 atom stereocenters. The number of hydrogen-bond donors (Lipinski definition) is 1. The molecule has 0 fully saturated rings. The number of aromatic nitrogens is 1. The molecule has 37 heavy (non-hydrogen) atoms. The zero-order valence-electron chi connectivity index (χ0n) is 21.4. The van der Waals surface area contributed by atoms with Crippen LogP contribution in [0.5, 0.6) is 0 Å². The number of nitrogens with one attached hydrogen (secondary N) is 1. The highest BCUT2D eigenvalue weighted by Crippen LogP contribution is 2.37. The maximum Gasteiger partial charge on any atom is 0.230 e. The van der Waals surface area contributed by atoms with Crippen molar-refractivity contribution in [3.63, 3.8) is 0 Å². The Morgan fingerprint density at radius 1 is 1.08 bits per heavy atom. The minimum Gasteiger partial charge on any atom is -0.302 e. The zero-order chi connectivity index (χ0) is 26.5. The van der Waals surface area contributed by atoms with Crippen molar-refractivity contribution in [3.05, 3.63) is 94.1 Å². The number of thiazole rings is 1. The molecule has 1 aliphatic rings. The topological polar surface area (TPSA) is 62.3 Å².